The van der Waals surface area contributed by atoms with Crippen molar-refractivity contribution in [1.29, 1.82) is 0 Å². The highest BCUT2D eigenvalue weighted by Crippen LogP contribution is 2.56. The topological polar surface area (TPSA) is 0 Å². The molecule has 0 aliphatic heterocycles. The lowest BCUT2D eigenvalue weighted by Crippen LogP contribution is -2.40. The molecule has 0 unspecified atom stereocenters. The van der Waals surface area contributed by atoms with Gasteiger partial charge in [-0.3, -0.25) is 0 Å². The summed E-state index contributed by atoms with van der Waals surface area (Å²) in [6, 6.07) is 0. The number of hydrogen-bond acceptors (Lipinski definition) is 0. The van der Waals surface area contributed by atoms with Crippen molar-refractivity contribution in [1.82, 2.24) is 0 Å². The first-order valence-electron chi connectivity index (χ1n) is 6.50. The van der Waals surface area contributed by atoms with Crippen LogP contribution in [0.15, 0.2) is 11.1 Å². The van der Waals surface area contributed by atoms with E-state index in [-0.39, 0.29) is 0 Å². The highest BCUT2D eigenvalue weighted by molar-refractivity contribution is 5.21. The highest BCUT2D eigenvalue weighted by Gasteiger charge is 2.45. The van der Waals surface area contributed by atoms with E-state index in [0.717, 1.165) is 5.92 Å². The van der Waals surface area contributed by atoms with E-state index < -0.39 is 0 Å². The monoisotopic (exact) mass is 206 g/mol. The normalized spacial score (nSPS) is 40.2. The molecule has 0 nitrogen and oxygen atoms in total. The molecule has 1 fully saturated rings. The van der Waals surface area contributed by atoms with Crippen LogP contribution in [-0.2, 0) is 0 Å². The van der Waals surface area contributed by atoms with Crippen LogP contribution in [0, 0.1) is 16.7 Å². The van der Waals surface area contributed by atoms with Crippen molar-refractivity contribution in [2.75, 3.05) is 0 Å². The first-order valence-corrected chi connectivity index (χ1v) is 6.50. The molecule has 15 heavy (non-hydrogen) atoms. The lowest BCUT2D eigenvalue weighted by Gasteiger charge is -2.51. The fraction of sp³-hybridized carbons (Fsp3) is 0.867. The lowest BCUT2D eigenvalue weighted by atomic mass is 9.54. The fourth-order valence-corrected chi connectivity index (χ4v) is 3.64. The van der Waals surface area contributed by atoms with Gasteiger partial charge >= 0.3 is 0 Å². The molecule has 0 saturated heterocycles. The van der Waals surface area contributed by atoms with E-state index in [0.29, 0.717) is 10.8 Å². The van der Waals surface area contributed by atoms with Crippen molar-refractivity contribution < 1.29 is 0 Å². The van der Waals surface area contributed by atoms with Gasteiger partial charge in [-0.1, -0.05) is 31.9 Å². The maximum atomic E-state index is 2.53. The molecule has 0 aromatic heterocycles. The number of allylic oxidation sites excluding steroid dienone is 2. The van der Waals surface area contributed by atoms with Crippen LogP contribution in [0.25, 0.3) is 0 Å². The minimum absolute atomic E-state index is 0.572. The Kier molecular flexibility index (Phi) is 2.52. The van der Waals surface area contributed by atoms with Gasteiger partial charge in [0.25, 0.3) is 0 Å². The first-order chi connectivity index (χ1) is 6.84. The lowest BCUT2D eigenvalue weighted by molar-refractivity contribution is 0.0465. The Hall–Kier alpha value is -0.260. The summed E-state index contributed by atoms with van der Waals surface area (Å²) in [5.41, 5.74) is 4.59. The third-order valence-corrected chi connectivity index (χ3v) is 5.24. The van der Waals surface area contributed by atoms with Gasteiger partial charge in [-0.05, 0) is 62.7 Å². The molecular formula is C15H26. The summed E-state index contributed by atoms with van der Waals surface area (Å²) >= 11 is 0. The van der Waals surface area contributed by atoms with Crippen LogP contribution >= 0.6 is 0 Å². The van der Waals surface area contributed by atoms with Gasteiger partial charge in [0.1, 0.15) is 0 Å². The van der Waals surface area contributed by atoms with Gasteiger partial charge in [0.05, 0.1) is 0 Å². The Morgan fingerprint density at radius 3 is 2.33 bits per heavy atom. The van der Waals surface area contributed by atoms with Crippen molar-refractivity contribution in [2.24, 2.45) is 16.7 Å². The Morgan fingerprint density at radius 1 is 1.00 bits per heavy atom. The van der Waals surface area contributed by atoms with Crippen LogP contribution in [0.2, 0.25) is 0 Å². The molecule has 0 aromatic carbocycles. The van der Waals surface area contributed by atoms with E-state index in [2.05, 4.69) is 34.6 Å². The molecule has 0 heteroatoms. The minimum atomic E-state index is 0.572. The molecule has 0 heterocycles. The summed E-state index contributed by atoms with van der Waals surface area (Å²) in [5.74, 6) is 0.870. The second-order valence-electron chi connectivity index (χ2n) is 7.04. The van der Waals surface area contributed by atoms with E-state index in [1.807, 2.05) is 0 Å². The quantitative estimate of drug-likeness (QED) is 0.492. The molecule has 0 N–H and O–H groups in total. The number of rotatable bonds is 0. The number of hydrogen-bond donors (Lipinski definition) is 0. The molecule has 2 rings (SSSR count). The van der Waals surface area contributed by atoms with Crippen molar-refractivity contribution in [3.63, 3.8) is 0 Å². The van der Waals surface area contributed by atoms with Gasteiger partial charge in [-0.15, -0.1) is 0 Å². The van der Waals surface area contributed by atoms with Gasteiger partial charge in [0.2, 0.25) is 0 Å². The van der Waals surface area contributed by atoms with Crippen LogP contribution < -0.4 is 0 Å². The van der Waals surface area contributed by atoms with Crippen molar-refractivity contribution in [2.45, 2.75) is 66.7 Å². The van der Waals surface area contributed by atoms with Crippen LogP contribution in [-0.4, -0.2) is 0 Å². The smallest absolute Gasteiger partial charge is 0.0144 e. The Bertz CT molecular complexity index is 295. The third kappa shape index (κ3) is 1.88. The van der Waals surface area contributed by atoms with Crippen molar-refractivity contribution in [3.05, 3.63) is 11.1 Å². The van der Waals surface area contributed by atoms with E-state index in [1.54, 1.807) is 11.1 Å². The largest absolute Gasteiger partial charge is 0.0741 e. The van der Waals surface area contributed by atoms with Crippen LogP contribution in [0.5, 0.6) is 0 Å². The maximum Gasteiger partial charge on any atom is -0.0144 e. The molecule has 0 radical (unpaired) electrons. The van der Waals surface area contributed by atoms with Crippen LogP contribution in [0.1, 0.15) is 66.7 Å². The zero-order valence-electron chi connectivity index (χ0n) is 11.1. The second-order valence-corrected chi connectivity index (χ2v) is 7.04. The second kappa shape index (κ2) is 3.37. The Labute approximate surface area is 95.1 Å². The standard InChI is InChI=1S/C15H26/c1-11-6-7-15(5)9-8-14(3,4)10-13(15)12(11)2/h13H,6-10H2,1-5H3/t13-,15-/m0/s1. The van der Waals surface area contributed by atoms with Crippen LogP contribution in [0.3, 0.4) is 0 Å². The molecule has 2 atom stereocenters. The van der Waals surface area contributed by atoms with Crippen molar-refractivity contribution in [3.8, 4) is 0 Å². The molecule has 0 amide bonds. The first kappa shape index (κ1) is 11.2. The molecule has 1 saturated carbocycles. The summed E-state index contributed by atoms with van der Waals surface area (Å²) in [7, 11) is 0. The Balaban J connectivity index is 2.31. The highest BCUT2D eigenvalue weighted by atomic mass is 14.5. The SMILES string of the molecule is CC1=C(C)[C@@H]2CC(C)(C)CC[C@]2(C)CC1. The van der Waals surface area contributed by atoms with Gasteiger partial charge in [0.15, 0.2) is 0 Å². The molecular weight excluding hydrogens is 180 g/mol. The summed E-state index contributed by atoms with van der Waals surface area (Å²) in [6.07, 6.45) is 7.05. The summed E-state index contributed by atoms with van der Waals surface area (Å²) in [5, 5.41) is 0. The average Bonchev–Trinajstić information content (AvgIpc) is 2.16. The zero-order valence-corrected chi connectivity index (χ0v) is 11.1. The van der Waals surface area contributed by atoms with Gasteiger partial charge in [-0.25, -0.2) is 0 Å². The molecule has 2 aliphatic rings. The van der Waals surface area contributed by atoms with E-state index in [4.69, 9.17) is 0 Å². The maximum absolute atomic E-state index is 2.53. The predicted octanol–water partition coefficient (Wildman–Crippen LogP) is 4.95. The zero-order chi connectivity index (χ0) is 11.3. The molecule has 0 aromatic rings. The summed E-state index contributed by atoms with van der Waals surface area (Å²) < 4.78 is 0. The van der Waals surface area contributed by atoms with Gasteiger partial charge < -0.3 is 0 Å². The van der Waals surface area contributed by atoms with Crippen LogP contribution in [0.4, 0.5) is 0 Å². The summed E-state index contributed by atoms with van der Waals surface area (Å²) in [6.45, 7) is 12.2. The fourth-order valence-electron chi connectivity index (χ4n) is 3.64. The molecule has 0 spiro atoms. The summed E-state index contributed by atoms with van der Waals surface area (Å²) in [4.78, 5) is 0. The van der Waals surface area contributed by atoms with E-state index in [9.17, 15) is 0 Å². The predicted molar refractivity (Wildman–Crippen MR) is 66.8 cm³/mol. The molecule has 0 bridgehead atoms. The number of fused-ring (bicyclic) bond motifs is 1. The van der Waals surface area contributed by atoms with Crippen molar-refractivity contribution >= 4 is 0 Å². The van der Waals surface area contributed by atoms with Gasteiger partial charge in [-0.2, -0.15) is 0 Å². The third-order valence-electron chi connectivity index (χ3n) is 5.24. The molecule has 86 valence electrons. The van der Waals surface area contributed by atoms with E-state index in [1.165, 1.54) is 32.1 Å². The van der Waals surface area contributed by atoms with E-state index >= 15 is 0 Å². The Morgan fingerprint density at radius 2 is 1.67 bits per heavy atom. The minimum Gasteiger partial charge on any atom is -0.0741 e. The average molecular weight is 206 g/mol. The molecule has 2 aliphatic carbocycles. The van der Waals surface area contributed by atoms with Gasteiger partial charge in [0, 0.05) is 0 Å².